The maximum absolute atomic E-state index is 11.4. The Morgan fingerprint density at radius 3 is 2.72 bits per heavy atom. The van der Waals surface area contributed by atoms with Crippen LogP contribution in [-0.2, 0) is 10.3 Å². The monoisotopic (exact) mass is 243 g/mol. The van der Waals surface area contributed by atoms with Gasteiger partial charge in [-0.1, -0.05) is 42.5 Å². The molecule has 3 N–H and O–H groups in total. The number of carboxylic acids is 1. The van der Waals surface area contributed by atoms with Gasteiger partial charge in [0.1, 0.15) is 5.92 Å². The van der Waals surface area contributed by atoms with Crippen LogP contribution in [0.2, 0.25) is 0 Å². The fourth-order valence-corrected chi connectivity index (χ4v) is 2.42. The minimum Gasteiger partial charge on any atom is -0.481 e. The normalized spacial score (nSPS) is 26.3. The van der Waals surface area contributed by atoms with Crippen LogP contribution in [0.15, 0.2) is 42.5 Å². The molecule has 0 heterocycles. The average molecular weight is 243 g/mol. The first-order chi connectivity index (χ1) is 8.47. The van der Waals surface area contributed by atoms with Crippen LogP contribution in [0.5, 0.6) is 0 Å². The first kappa shape index (κ1) is 12.6. The molecule has 2 rings (SSSR count). The Bertz CT molecular complexity index is 545. The highest BCUT2D eigenvalue weighted by atomic mass is 16.4. The lowest BCUT2D eigenvalue weighted by atomic mass is 9.74. The summed E-state index contributed by atoms with van der Waals surface area (Å²) < 4.78 is 0. The lowest BCUT2D eigenvalue weighted by molar-refractivity contribution is -0.141. The van der Waals surface area contributed by atoms with Crippen LogP contribution in [-0.4, -0.2) is 11.1 Å². The van der Waals surface area contributed by atoms with Crippen LogP contribution < -0.4 is 5.73 Å². The summed E-state index contributed by atoms with van der Waals surface area (Å²) in [5.41, 5.74) is 8.43. The van der Waals surface area contributed by atoms with Crippen molar-refractivity contribution in [3.05, 3.63) is 59.2 Å². The number of benzene rings is 1. The molecule has 1 aromatic rings. The summed E-state index contributed by atoms with van der Waals surface area (Å²) in [6.45, 7) is 3.98. The van der Waals surface area contributed by atoms with Crippen molar-refractivity contribution in [1.29, 1.82) is 0 Å². The largest absolute Gasteiger partial charge is 0.481 e. The fourth-order valence-electron chi connectivity index (χ4n) is 2.42. The summed E-state index contributed by atoms with van der Waals surface area (Å²) in [5, 5.41) is 9.33. The van der Waals surface area contributed by atoms with E-state index in [-0.39, 0.29) is 0 Å². The van der Waals surface area contributed by atoms with Gasteiger partial charge in [0.2, 0.25) is 0 Å². The number of allylic oxidation sites excluding steroid dienone is 2. The molecule has 0 spiro atoms. The SMILES string of the molecule is Cc1cccc(C2(N)C=CC=CC2C(=O)O)c1C. The van der Waals surface area contributed by atoms with Crippen LogP contribution in [0.3, 0.4) is 0 Å². The molecule has 0 saturated carbocycles. The average Bonchev–Trinajstić information content (AvgIpc) is 2.32. The zero-order valence-electron chi connectivity index (χ0n) is 10.6. The molecule has 1 aliphatic carbocycles. The quantitative estimate of drug-likeness (QED) is 0.837. The van der Waals surface area contributed by atoms with Crippen molar-refractivity contribution in [2.45, 2.75) is 19.4 Å². The number of nitrogens with two attached hydrogens (primary N) is 1. The summed E-state index contributed by atoms with van der Waals surface area (Å²) in [6.07, 6.45) is 6.95. The fraction of sp³-hybridized carbons (Fsp3) is 0.267. The number of carboxylic acid groups (broad SMARTS) is 1. The van der Waals surface area contributed by atoms with E-state index in [9.17, 15) is 9.90 Å². The van der Waals surface area contributed by atoms with E-state index in [0.717, 1.165) is 16.7 Å². The van der Waals surface area contributed by atoms with Crippen molar-refractivity contribution < 1.29 is 9.90 Å². The third kappa shape index (κ3) is 1.87. The Kier molecular flexibility index (Phi) is 3.09. The number of hydrogen-bond acceptors (Lipinski definition) is 2. The van der Waals surface area contributed by atoms with E-state index in [1.54, 1.807) is 24.3 Å². The molecular formula is C15H17NO2. The van der Waals surface area contributed by atoms with Gasteiger partial charge in [-0.3, -0.25) is 4.79 Å². The van der Waals surface area contributed by atoms with Crippen LogP contribution in [0.1, 0.15) is 16.7 Å². The predicted molar refractivity (Wildman–Crippen MR) is 71.2 cm³/mol. The van der Waals surface area contributed by atoms with Gasteiger partial charge in [-0.05, 0) is 30.5 Å². The highest BCUT2D eigenvalue weighted by molar-refractivity contribution is 5.76. The topological polar surface area (TPSA) is 63.3 Å². The van der Waals surface area contributed by atoms with Crippen LogP contribution >= 0.6 is 0 Å². The van der Waals surface area contributed by atoms with Crippen LogP contribution in [0.4, 0.5) is 0 Å². The minimum atomic E-state index is -0.976. The number of carbonyl (C=O) groups is 1. The molecule has 0 bridgehead atoms. The summed E-state index contributed by atoms with van der Waals surface area (Å²) in [4.78, 5) is 11.4. The van der Waals surface area contributed by atoms with Crippen molar-refractivity contribution in [1.82, 2.24) is 0 Å². The molecule has 1 aliphatic rings. The van der Waals surface area contributed by atoms with E-state index in [1.165, 1.54) is 0 Å². The molecule has 3 heteroatoms. The summed E-state index contributed by atoms with van der Waals surface area (Å²) >= 11 is 0. The Morgan fingerprint density at radius 2 is 2.06 bits per heavy atom. The second-order valence-electron chi connectivity index (χ2n) is 4.74. The molecular weight excluding hydrogens is 226 g/mol. The Morgan fingerprint density at radius 1 is 1.33 bits per heavy atom. The van der Waals surface area contributed by atoms with Gasteiger partial charge < -0.3 is 10.8 Å². The van der Waals surface area contributed by atoms with Gasteiger partial charge in [-0.15, -0.1) is 0 Å². The summed E-state index contributed by atoms with van der Waals surface area (Å²) in [6, 6.07) is 5.82. The van der Waals surface area contributed by atoms with Crippen molar-refractivity contribution >= 4 is 5.97 Å². The van der Waals surface area contributed by atoms with E-state index in [1.807, 2.05) is 32.0 Å². The van der Waals surface area contributed by atoms with E-state index >= 15 is 0 Å². The van der Waals surface area contributed by atoms with Crippen molar-refractivity contribution in [2.75, 3.05) is 0 Å². The van der Waals surface area contributed by atoms with E-state index in [2.05, 4.69) is 0 Å². The first-order valence-electron chi connectivity index (χ1n) is 5.91. The predicted octanol–water partition coefficient (Wildman–Crippen LogP) is 2.28. The number of aliphatic carboxylic acids is 1. The minimum absolute atomic E-state index is 0.733. The maximum atomic E-state index is 11.4. The third-order valence-electron chi connectivity index (χ3n) is 3.64. The molecule has 1 aromatic carbocycles. The van der Waals surface area contributed by atoms with Crippen molar-refractivity contribution in [3.63, 3.8) is 0 Å². The number of hydrogen-bond donors (Lipinski definition) is 2. The van der Waals surface area contributed by atoms with Gasteiger partial charge in [0.15, 0.2) is 0 Å². The van der Waals surface area contributed by atoms with Gasteiger partial charge in [-0.25, -0.2) is 0 Å². The zero-order valence-corrected chi connectivity index (χ0v) is 10.6. The van der Waals surface area contributed by atoms with Crippen molar-refractivity contribution in [3.8, 4) is 0 Å². The molecule has 0 aliphatic heterocycles. The number of rotatable bonds is 2. The second-order valence-corrected chi connectivity index (χ2v) is 4.74. The highest BCUT2D eigenvalue weighted by Crippen LogP contribution is 2.35. The van der Waals surface area contributed by atoms with E-state index in [0.29, 0.717) is 0 Å². The van der Waals surface area contributed by atoms with Crippen LogP contribution in [0, 0.1) is 19.8 Å². The van der Waals surface area contributed by atoms with Gasteiger partial charge in [-0.2, -0.15) is 0 Å². The molecule has 0 aromatic heterocycles. The van der Waals surface area contributed by atoms with Gasteiger partial charge >= 0.3 is 5.97 Å². The van der Waals surface area contributed by atoms with Gasteiger partial charge in [0.05, 0.1) is 5.54 Å². The maximum Gasteiger partial charge on any atom is 0.312 e. The second kappa shape index (κ2) is 4.42. The van der Waals surface area contributed by atoms with E-state index in [4.69, 9.17) is 5.73 Å². The first-order valence-corrected chi connectivity index (χ1v) is 5.91. The van der Waals surface area contributed by atoms with E-state index < -0.39 is 17.4 Å². The lowest BCUT2D eigenvalue weighted by Gasteiger charge is -2.34. The zero-order chi connectivity index (χ0) is 13.3. The molecule has 0 saturated heterocycles. The molecule has 2 atom stereocenters. The van der Waals surface area contributed by atoms with Gasteiger partial charge in [0.25, 0.3) is 0 Å². The standard InChI is InChI=1S/C15H17NO2/c1-10-6-5-8-12(11(10)2)15(16)9-4-3-7-13(15)14(17)18/h3-9,13H,16H2,1-2H3,(H,17,18). The smallest absolute Gasteiger partial charge is 0.312 e. The van der Waals surface area contributed by atoms with Crippen LogP contribution in [0.25, 0.3) is 0 Å². The Labute approximate surface area is 107 Å². The molecule has 0 fully saturated rings. The molecule has 2 unspecified atom stereocenters. The van der Waals surface area contributed by atoms with Gasteiger partial charge in [0, 0.05) is 0 Å². The highest BCUT2D eigenvalue weighted by Gasteiger charge is 2.39. The third-order valence-corrected chi connectivity index (χ3v) is 3.64. The molecule has 0 amide bonds. The molecule has 3 nitrogen and oxygen atoms in total. The van der Waals surface area contributed by atoms with Crippen molar-refractivity contribution in [2.24, 2.45) is 11.7 Å². The Hall–Kier alpha value is -1.87. The summed E-state index contributed by atoms with van der Waals surface area (Å²) in [5.74, 6) is -1.64. The summed E-state index contributed by atoms with van der Waals surface area (Å²) in [7, 11) is 0. The number of aryl methyl sites for hydroxylation is 1. The lowest BCUT2D eigenvalue weighted by Crippen LogP contribution is -2.46. The molecule has 0 radical (unpaired) electrons. The molecule has 18 heavy (non-hydrogen) atoms. The Balaban J connectivity index is 2.59. The molecule has 94 valence electrons.